The normalized spacial score (nSPS) is 12.1. The highest BCUT2D eigenvalue weighted by Gasteiger charge is 2.21. The van der Waals surface area contributed by atoms with Gasteiger partial charge in [-0.2, -0.15) is 4.91 Å². The number of pyridine rings is 1. The molecular weight excluding hydrogens is 440 g/mol. The summed E-state index contributed by atoms with van der Waals surface area (Å²) < 4.78 is 27.9. The summed E-state index contributed by atoms with van der Waals surface area (Å²) in [5, 5.41) is 13.9. The molecule has 0 aliphatic rings. The monoisotopic (exact) mass is 463 g/mol. The smallest absolute Gasteiger partial charge is 0.252 e. The Morgan fingerprint density at radius 2 is 1.88 bits per heavy atom. The number of hydrogen-bond donors (Lipinski definition) is 3. The molecule has 3 rings (SSSR count). The molecule has 1 atom stereocenters. The fourth-order valence-corrected chi connectivity index (χ4v) is 3.42. The molecule has 2 aromatic carbocycles. The molecule has 174 valence electrons. The fourth-order valence-electron chi connectivity index (χ4n) is 3.42. The minimum atomic E-state index is -0.732. The molecule has 4 N–H and O–H groups in total. The second-order valence-corrected chi connectivity index (χ2v) is 7.52. The number of allylic oxidation sites excluding steroid dienone is 1. The van der Waals surface area contributed by atoms with Crippen molar-refractivity contribution in [2.75, 3.05) is 6.54 Å². The minimum absolute atomic E-state index is 0.00926. The van der Waals surface area contributed by atoms with Crippen LogP contribution in [-0.2, 0) is 6.42 Å². The van der Waals surface area contributed by atoms with Gasteiger partial charge in [0.1, 0.15) is 11.6 Å². The molecule has 0 aliphatic heterocycles. The number of carbonyl (C=O) groups is 1. The van der Waals surface area contributed by atoms with E-state index in [1.54, 1.807) is 18.3 Å². The average molecular weight is 463 g/mol. The van der Waals surface area contributed by atoms with Gasteiger partial charge in [0.15, 0.2) is 0 Å². The van der Waals surface area contributed by atoms with Crippen molar-refractivity contribution in [2.45, 2.75) is 18.9 Å². The van der Waals surface area contributed by atoms with Gasteiger partial charge < -0.3 is 16.5 Å². The number of nitrogens with two attached hydrogens (primary N) is 1. The van der Waals surface area contributed by atoms with Crippen LogP contribution in [0.15, 0.2) is 78.1 Å². The zero-order valence-corrected chi connectivity index (χ0v) is 18.2. The Balaban J connectivity index is 1.86. The molecule has 34 heavy (non-hydrogen) atoms. The summed E-state index contributed by atoms with van der Waals surface area (Å²) in [5.74, 6) is -1.78. The summed E-state index contributed by atoms with van der Waals surface area (Å²) in [6, 6.07) is 14.1. The third-order valence-electron chi connectivity index (χ3n) is 5.09. The first-order valence-corrected chi connectivity index (χ1v) is 10.5. The number of carbonyl (C=O) groups excluding carboxylic acids is 1. The lowest BCUT2D eigenvalue weighted by molar-refractivity contribution is 0.0934. The van der Waals surface area contributed by atoms with Crippen LogP contribution < -0.4 is 11.1 Å². The second kappa shape index (κ2) is 11.6. The van der Waals surface area contributed by atoms with E-state index < -0.39 is 23.6 Å². The van der Waals surface area contributed by atoms with E-state index in [0.717, 1.165) is 6.07 Å². The maximum atomic E-state index is 14.8. The fraction of sp³-hybridized carbons (Fsp3) is 0.160. The number of amides is 1. The van der Waals surface area contributed by atoms with Gasteiger partial charge in [0.05, 0.1) is 17.8 Å². The Kier molecular flexibility index (Phi) is 8.28. The van der Waals surface area contributed by atoms with Crippen LogP contribution in [0.5, 0.6) is 0 Å². The average Bonchev–Trinajstić information content (AvgIpc) is 2.83. The van der Waals surface area contributed by atoms with Gasteiger partial charge in [0, 0.05) is 35.6 Å². The van der Waals surface area contributed by atoms with Gasteiger partial charge in [-0.25, -0.2) is 8.78 Å². The molecule has 0 aliphatic carbocycles. The molecule has 1 heterocycles. The maximum absolute atomic E-state index is 14.8. The Morgan fingerprint density at radius 1 is 1.12 bits per heavy atom. The first kappa shape index (κ1) is 24.4. The van der Waals surface area contributed by atoms with Crippen LogP contribution in [0.25, 0.3) is 5.70 Å². The molecule has 7 nitrogen and oxygen atoms in total. The highest BCUT2D eigenvalue weighted by Crippen LogP contribution is 2.21. The van der Waals surface area contributed by atoms with Crippen LogP contribution in [0.3, 0.4) is 0 Å². The van der Waals surface area contributed by atoms with E-state index in [9.17, 15) is 18.5 Å². The molecular formula is C25H23F2N5O2. The molecule has 0 bridgehead atoms. The summed E-state index contributed by atoms with van der Waals surface area (Å²) in [6.07, 6.45) is 3.47. The molecule has 0 radical (unpaired) electrons. The first-order chi connectivity index (χ1) is 16.4. The molecule has 0 saturated heterocycles. The Morgan fingerprint density at radius 3 is 2.56 bits per heavy atom. The number of benzene rings is 2. The Labute approximate surface area is 195 Å². The summed E-state index contributed by atoms with van der Waals surface area (Å²) in [6.45, 7) is -0.00926. The molecule has 0 fully saturated rings. The molecule has 3 aromatic rings. The zero-order valence-electron chi connectivity index (χ0n) is 18.2. The van der Waals surface area contributed by atoms with Gasteiger partial charge in [0.2, 0.25) is 0 Å². The predicted octanol–water partition coefficient (Wildman–Crippen LogP) is 4.23. The Bertz CT molecular complexity index is 1200. The van der Waals surface area contributed by atoms with Gasteiger partial charge in [-0.15, -0.1) is 0 Å². The van der Waals surface area contributed by atoms with E-state index in [1.165, 1.54) is 42.5 Å². The Hall–Kier alpha value is -4.27. The van der Waals surface area contributed by atoms with Crippen LogP contribution in [0.1, 0.15) is 33.6 Å². The van der Waals surface area contributed by atoms with Crippen molar-refractivity contribution in [1.82, 2.24) is 10.3 Å². The van der Waals surface area contributed by atoms with E-state index in [4.69, 9.17) is 11.1 Å². The van der Waals surface area contributed by atoms with Gasteiger partial charge in [-0.1, -0.05) is 17.3 Å². The number of halogens is 2. The highest BCUT2D eigenvalue weighted by atomic mass is 19.1. The minimum Gasteiger partial charge on any atom is -0.398 e. The van der Waals surface area contributed by atoms with Crippen molar-refractivity contribution < 1.29 is 13.6 Å². The third kappa shape index (κ3) is 6.38. The van der Waals surface area contributed by atoms with Crippen molar-refractivity contribution >= 4 is 17.3 Å². The van der Waals surface area contributed by atoms with E-state index in [0.29, 0.717) is 17.7 Å². The van der Waals surface area contributed by atoms with Gasteiger partial charge in [0.25, 0.3) is 5.91 Å². The van der Waals surface area contributed by atoms with Crippen molar-refractivity contribution in [2.24, 2.45) is 10.9 Å². The maximum Gasteiger partial charge on any atom is 0.252 e. The molecule has 0 spiro atoms. The molecule has 0 saturated carbocycles. The molecule has 1 amide bonds. The van der Waals surface area contributed by atoms with Crippen molar-refractivity contribution in [3.8, 4) is 0 Å². The van der Waals surface area contributed by atoms with E-state index in [2.05, 4.69) is 15.5 Å². The lowest BCUT2D eigenvalue weighted by Crippen LogP contribution is -2.38. The van der Waals surface area contributed by atoms with Crippen LogP contribution in [-0.4, -0.2) is 29.2 Å². The summed E-state index contributed by atoms with van der Waals surface area (Å²) >= 11 is 0. The van der Waals surface area contributed by atoms with Gasteiger partial charge in [-0.3, -0.25) is 9.78 Å². The molecule has 0 unspecified atom stereocenters. The summed E-state index contributed by atoms with van der Waals surface area (Å²) in [4.78, 5) is 28.0. The lowest BCUT2D eigenvalue weighted by atomic mass is 9.99. The number of rotatable bonds is 10. The van der Waals surface area contributed by atoms with E-state index in [-0.39, 0.29) is 35.5 Å². The standard InChI is InChI=1S/C25H23F2N5O2/c26-17-9-7-16(8-10-17)22(28)15-23(29)24-20(5-3-6-21(24)27)25(33)32-19(11-13-31-34)14-18-4-1-2-12-30-18/h1-10,12,15,19,28H,11,13-14,29H2,(H,32,33)/t19-/m1/s1. The third-order valence-corrected chi connectivity index (χ3v) is 5.09. The van der Waals surface area contributed by atoms with Gasteiger partial charge in [-0.05, 0) is 66.6 Å². The first-order valence-electron chi connectivity index (χ1n) is 10.5. The summed E-state index contributed by atoms with van der Waals surface area (Å²) in [7, 11) is 0. The number of aromatic nitrogens is 1. The summed E-state index contributed by atoms with van der Waals surface area (Å²) in [5.41, 5.74) is 6.81. The van der Waals surface area contributed by atoms with Gasteiger partial charge >= 0.3 is 0 Å². The van der Waals surface area contributed by atoms with Crippen LogP contribution in [0, 0.1) is 22.0 Å². The quantitative estimate of drug-likeness (QED) is 0.308. The predicted molar refractivity (Wildman–Crippen MR) is 126 cm³/mol. The number of nitrogens with one attached hydrogen (secondary N) is 2. The SMILES string of the molecule is N=C(C=C(N)c1c(F)cccc1C(=O)N[C@H](CCN=O)Cc1ccccn1)c1ccc(F)cc1. The van der Waals surface area contributed by atoms with E-state index >= 15 is 0 Å². The molecule has 9 heteroatoms. The number of nitroso groups, excluding NO2 is 1. The molecule has 1 aromatic heterocycles. The highest BCUT2D eigenvalue weighted by molar-refractivity contribution is 6.11. The topological polar surface area (TPSA) is 121 Å². The van der Waals surface area contributed by atoms with Crippen molar-refractivity contribution in [1.29, 1.82) is 5.41 Å². The lowest BCUT2D eigenvalue weighted by Gasteiger charge is -2.19. The van der Waals surface area contributed by atoms with Crippen molar-refractivity contribution in [3.63, 3.8) is 0 Å². The van der Waals surface area contributed by atoms with Crippen LogP contribution >= 0.6 is 0 Å². The zero-order chi connectivity index (χ0) is 24.5. The van der Waals surface area contributed by atoms with E-state index in [1.807, 2.05) is 6.07 Å². The van der Waals surface area contributed by atoms with Crippen LogP contribution in [0.2, 0.25) is 0 Å². The number of nitrogens with zero attached hydrogens (tertiary/aromatic N) is 2. The van der Waals surface area contributed by atoms with Crippen molar-refractivity contribution in [3.05, 3.63) is 112 Å². The number of hydrogen-bond acceptors (Lipinski definition) is 6. The van der Waals surface area contributed by atoms with Crippen LogP contribution in [0.4, 0.5) is 8.78 Å². The largest absolute Gasteiger partial charge is 0.398 e. The second-order valence-electron chi connectivity index (χ2n) is 7.52.